The van der Waals surface area contributed by atoms with Gasteiger partial charge >= 0.3 is 0 Å². The van der Waals surface area contributed by atoms with Gasteiger partial charge in [0.25, 0.3) is 5.69 Å². The van der Waals surface area contributed by atoms with Gasteiger partial charge in [-0.1, -0.05) is 0 Å². The first-order valence-corrected chi connectivity index (χ1v) is 6.45. The van der Waals surface area contributed by atoms with E-state index in [0.717, 1.165) is 12.8 Å². The van der Waals surface area contributed by atoms with Crippen molar-refractivity contribution in [1.29, 1.82) is 0 Å². The highest BCUT2D eigenvalue weighted by molar-refractivity contribution is 9.10. The van der Waals surface area contributed by atoms with Crippen LogP contribution in [-0.2, 0) is 4.74 Å². The Labute approximate surface area is 113 Å². The Morgan fingerprint density at radius 1 is 1.67 bits per heavy atom. The molecular weight excluding hydrogens is 302 g/mol. The molecule has 0 aromatic carbocycles. The van der Waals surface area contributed by atoms with Crippen LogP contribution in [-0.4, -0.2) is 29.2 Å². The fraction of sp³-hybridized carbons (Fsp3) is 0.545. The maximum atomic E-state index is 10.6. The minimum atomic E-state index is -0.468. The lowest BCUT2D eigenvalue weighted by Crippen LogP contribution is -2.45. The van der Waals surface area contributed by atoms with E-state index in [9.17, 15) is 10.1 Å². The van der Waals surface area contributed by atoms with Gasteiger partial charge < -0.3 is 10.1 Å². The van der Waals surface area contributed by atoms with Crippen LogP contribution in [0.3, 0.4) is 0 Å². The lowest BCUT2D eigenvalue weighted by Gasteiger charge is -2.40. The smallest absolute Gasteiger partial charge is 0.288 e. The van der Waals surface area contributed by atoms with Crippen LogP contribution in [0.25, 0.3) is 0 Å². The van der Waals surface area contributed by atoms with Crippen molar-refractivity contribution < 1.29 is 9.66 Å². The summed E-state index contributed by atoms with van der Waals surface area (Å²) in [6, 6.07) is 1.44. The quantitative estimate of drug-likeness (QED) is 0.667. The Morgan fingerprint density at radius 2 is 2.39 bits per heavy atom. The first kappa shape index (κ1) is 13.2. The van der Waals surface area contributed by atoms with Crippen molar-refractivity contribution in [2.75, 3.05) is 19.0 Å². The molecule has 0 aliphatic heterocycles. The molecule has 0 bridgehead atoms. The van der Waals surface area contributed by atoms with Crippen LogP contribution < -0.4 is 5.32 Å². The Kier molecular flexibility index (Phi) is 3.82. The van der Waals surface area contributed by atoms with E-state index in [-0.39, 0.29) is 11.3 Å². The number of methoxy groups -OCH3 is 1. The molecule has 0 radical (unpaired) electrons. The molecule has 1 heterocycles. The maximum Gasteiger partial charge on any atom is 0.288 e. The summed E-state index contributed by atoms with van der Waals surface area (Å²) < 4.78 is 6.07. The first-order chi connectivity index (χ1) is 8.56. The number of nitro groups is 1. The summed E-state index contributed by atoms with van der Waals surface area (Å²) in [4.78, 5) is 14.2. The van der Waals surface area contributed by atoms with E-state index in [1.807, 2.05) is 0 Å². The summed E-state index contributed by atoms with van der Waals surface area (Å²) in [6.07, 6.45) is 4.47. The Bertz CT molecular complexity index is 457. The number of halogens is 1. The molecule has 1 aliphatic carbocycles. The highest BCUT2D eigenvalue weighted by Gasteiger charge is 2.36. The number of nitrogens with one attached hydrogen (secondary N) is 1. The van der Waals surface area contributed by atoms with Gasteiger partial charge in [-0.25, -0.2) is 4.98 Å². The van der Waals surface area contributed by atoms with Gasteiger partial charge in [0.1, 0.15) is 12.0 Å². The molecule has 18 heavy (non-hydrogen) atoms. The van der Waals surface area contributed by atoms with Crippen molar-refractivity contribution in [3.63, 3.8) is 0 Å². The fourth-order valence-corrected chi connectivity index (χ4v) is 2.40. The predicted molar refractivity (Wildman–Crippen MR) is 70.7 cm³/mol. The molecule has 0 amide bonds. The SMILES string of the molecule is COC1(CNc2ncc([N+](=O)[O-])cc2Br)CCC1. The van der Waals surface area contributed by atoms with Gasteiger partial charge in [-0.05, 0) is 35.2 Å². The van der Waals surface area contributed by atoms with E-state index in [1.54, 1.807) is 7.11 Å². The zero-order valence-electron chi connectivity index (χ0n) is 9.98. The van der Waals surface area contributed by atoms with E-state index in [4.69, 9.17) is 4.74 Å². The lowest BCUT2D eigenvalue weighted by atomic mass is 9.80. The average Bonchev–Trinajstić information content (AvgIpc) is 2.29. The average molecular weight is 316 g/mol. The maximum absolute atomic E-state index is 10.6. The molecule has 1 N–H and O–H groups in total. The zero-order valence-corrected chi connectivity index (χ0v) is 11.6. The largest absolute Gasteiger partial charge is 0.376 e. The molecule has 0 spiro atoms. The number of hydrogen-bond donors (Lipinski definition) is 1. The van der Waals surface area contributed by atoms with Crippen LogP contribution in [0.5, 0.6) is 0 Å². The molecule has 1 aromatic heterocycles. The molecule has 1 aliphatic rings. The predicted octanol–water partition coefficient (Wildman–Crippen LogP) is 2.73. The third kappa shape index (κ3) is 2.62. The highest BCUT2D eigenvalue weighted by atomic mass is 79.9. The van der Waals surface area contributed by atoms with Gasteiger partial charge in [0.15, 0.2) is 0 Å². The standard InChI is InChI=1S/C11H14BrN3O3/c1-18-11(3-2-4-11)7-14-10-9(12)5-8(6-13-10)15(16)17/h5-6H,2-4,7H2,1H3,(H,13,14). The number of rotatable bonds is 5. The first-order valence-electron chi connectivity index (χ1n) is 5.65. The third-order valence-electron chi connectivity index (χ3n) is 3.31. The molecule has 0 unspecified atom stereocenters. The number of ether oxygens (including phenoxy) is 1. The summed E-state index contributed by atoms with van der Waals surface area (Å²) in [7, 11) is 1.71. The molecule has 0 saturated heterocycles. The van der Waals surface area contributed by atoms with Crippen LogP contribution in [0.1, 0.15) is 19.3 Å². The molecule has 1 saturated carbocycles. The van der Waals surface area contributed by atoms with Crippen molar-refractivity contribution >= 4 is 27.4 Å². The van der Waals surface area contributed by atoms with Gasteiger partial charge in [-0.2, -0.15) is 0 Å². The number of pyridine rings is 1. The summed E-state index contributed by atoms with van der Waals surface area (Å²) in [5.41, 5.74) is -0.138. The van der Waals surface area contributed by atoms with Crippen molar-refractivity contribution in [1.82, 2.24) is 4.98 Å². The lowest BCUT2D eigenvalue weighted by molar-refractivity contribution is -0.385. The van der Waals surface area contributed by atoms with Gasteiger partial charge in [0.05, 0.1) is 15.0 Å². The number of aromatic nitrogens is 1. The fourth-order valence-electron chi connectivity index (χ4n) is 1.93. The molecule has 0 atom stereocenters. The van der Waals surface area contributed by atoms with Crippen LogP contribution in [0, 0.1) is 10.1 Å². The van der Waals surface area contributed by atoms with E-state index in [1.165, 1.54) is 18.7 Å². The van der Waals surface area contributed by atoms with Crippen molar-refractivity contribution in [3.8, 4) is 0 Å². The molecule has 1 aromatic rings. The number of nitrogens with zero attached hydrogens (tertiary/aromatic N) is 2. The second-order valence-electron chi connectivity index (χ2n) is 4.38. The second kappa shape index (κ2) is 5.19. The van der Waals surface area contributed by atoms with E-state index < -0.39 is 4.92 Å². The normalized spacial score (nSPS) is 17.0. The van der Waals surface area contributed by atoms with Crippen LogP contribution in [0.2, 0.25) is 0 Å². The summed E-state index contributed by atoms with van der Waals surface area (Å²) >= 11 is 3.27. The van der Waals surface area contributed by atoms with Gasteiger partial charge in [0.2, 0.25) is 0 Å². The summed E-state index contributed by atoms with van der Waals surface area (Å²) in [5.74, 6) is 0.601. The van der Waals surface area contributed by atoms with E-state index >= 15 is 0 Å². The van der Waals surface area contributed by atoms with Crippen LogP contribution >= 0.6 is 15.9 Å². The number of anilines is 1. The summed E-state index contributed by atoms with van der Waals surface area (Å²) in [5, 5.41) is 13.8. The van der Waals surface area contributed by atoms with E-state index in [0.29, 0.717) is 16.8 Å². The molecule has 2 rings (SSSR count). The van der Waals surface area contributed by atoms with Crippen molar-refractivity contribution in [3.05, 3.63) is 26.9 Å². The van der Waals surface area contributed by atoms with E-state index in [2.05, 4.69) is 26.2 Å². The Hall–Kier alpha value is -1.21. The Morgan fingerprint density at radius 3 is 2.83 bits per heavy atom. The summed E-state index contributed by atoms with van der Waals surface area (Å²) in [6.45, 7) is 0.660. The molecule has 6 nitrogen and oxygen atoms in total. The van der Waals surface area contributed by atoms with Gasteiger partial charge in [-0.15, -0.1) is 0 Å². The molecular formula is C11H14BrN3O3. The Balaban J connectivity index is 2.03. The van der Waals surface area contributed by atoms with Crippen molar-refractivity contribution in [2.45, 2.75) is 24.9 Å². The minimum Gasteiger partial charge on any atom is -0.376 e. The minimum absolute atomic E-state index is 0.0301. The monoisotopic (exact) mass is 315 g/mol. The molecule has 98 valence electrons. The van der Waals surface area contributed by atoms with Crippen molar-refractivity contribution in [2.24, 2.45) is 0 Å². The van der Waals surface area contributed by atoms with Crippen LogP contribution in [0.4, 0.5) is 11.5 Å². The molecule has 1 fully saturated rings. The topological polar surface area (TPSA) is 77.3 Å². The molecule has 7 heteroatoms. The number of hydrogen-bond acceptors (Lipinski definition) is 5. The van der Waals surface area contributed by atoms with Crippen LogP contribution in [0.15, 0.2) is 16.7 Å². The third-order valence-corrected chi connectivity index (χ3v) is 3.92. The van der Waals surface area contributed by atoms with Gasteiger partial charge in [0, 0.05) is 19.7 Å². The second-order valence-corrected chi connectivity index (χ2v) is 5.23. The highest BCUT2D eigenvalue weighted by Crippen LogP contribution is 2.35. The van der Waals surface area contributed by atoms with Gasteiger partial charge in [-0.3, -0.25) is 10.1 Å². The zero-order chi connectivity index (χ0) is 13.2.